The third-order valence-corrected chi connectivity index (χ3v) is 3.64. The van der Waals surface area contributed by atoms with Gasteiger partial charge in [-0.2, -0.15) is 0 Å². The molecule has 1 aromatic carbocycles. The summed E-state index contributed by atoms with van der Waals surface area (Å²) in [7, 11) is 0. The van der Waals surface area contributed by atoms with Gasteiger partial charge in [-0.3, -0.25) is 0 Å². The van der Waals surface area contributed by atoms with Gasteiger partial charge in [0.15, 0.2) is 0 Å². The van der Waals surface area contributed by atoms with Crippen molar-refractivity contribution in [2.45, 2.75) is 31.2 Å². The van der Waals surface area contributed by atoms with Crippen LogP contribution in [0, 0.1) is 17.6 Å². The van der Waals surface area contributed by atoms with E-state index in [0.29, 0.717) is 23.4 Å². The third-order valence-electron chi connectivity index (χ3n) is 3.24. The van der Waals surface area contributed by atoms with E-state index in [9.17, 15) is 8.78 Å². The quantitative estimate of drug-likeness (QED) is 0.817. The van der Waals surface area contributed by atoms with Crippen LogP contribution in [0.15, 0.2) is 18.2 Å². The lowest BCUT2D eigenvalue weighted by Crippen LogP contribution is -2.21. The van der Waals surface area contributed by atoms with Gasteiger partial charge < -0.3 is 5.32 Å². The summed E-state index contributed by atoms with van der Waals surface area (Å²) < 4.78 is 26.0. The molecule has 1 aliphatic rings. The van der Waals surface area contributed by atoms with E-state index in [1.807, 2.05) is 0 Å². The zero-order chi connectivity index (χ0) is 12.3. The van der Waals surface area contributed by atoms with Crippen molar-refractivity contribution in [2.24, 2.45) is 5.92 Å². The van der Waals surface area contributed by atoms with Crippen molar-refractivity contribution in [2.75, 3.05) is 6.54 Å². The molecular weight excluding hydrogens is 244 g/mol. The standard InChI is InChI=1S/C13H16ClF2N/c14-11-3-1-9(5-11)7-17-8-10-2-4-12(15)6-13(10)16/h2,4,6,9,11,17H,1,3,5,7-8H2. The highest BCUT2D eigenvalue weighted by atomic mass is 35.5. The van der Waals surface area contributed by atoms with E-state index in [1.165, 1.54) is 12.1 Å². The molecule has 0 bridgehead atoms. The smallest absolute Gasteiger partial charge is 0.130 e. The Kier molecular flexibility index (Phi) is 4.35. The van der Waals surface area contributed by atoms with Crippen LogP contribution in [0.4, 0.5) is 8.78 Å². The fourth-order valence-electron chi connectivity index (χ4n) is 2.28. The van der Waals surface area contributed by atoms with Gasteiger partial charge in [-0.15, -0.1) is 11.6 Å². The molecule has 17 heavy (non-hydrogen) atoms. The number of halogens is 3. The first-order valence-corrected chi connectivity index (χ1v) is 6.37. The van der Waals surface area contributed by atoms with Crippen LogP contribution in [0.2, 0.25) is 0 Å². The maximum Gasteiger partial charge on any atom is 0.130 e. The van der Waals surface area contributed by atoms with Crippen LogP contribution in [0.5, 0.6) is 0 Å². The molecule has 0 aromatic heterocycles. The van der Waals surface area contributed by atoms with Crippen molar-refractivity contribution in [3.63, 3.8) is 0 Å². The fraction of sp³-hybridized carbons (Fsp3) is 0.538. The fourth-order valence-corrected chi connectivity index (χ4v) is 2.65. The molecular formula is C13H16ClF2N. The Morgan fingerprint density at radius 2 is 2.12 bits per heavy atom. The molecule has 1 fully saturated rings. The van der Waals surface area contributed by atoms with Crippen molar-refractivity contribution in [3.05, 3.63) is 35.4 Å². The molecule has 0 aliphatic heterocycles. The predicted octanol–water partition coefficient (Wildman–Crippen LogP) is 3.46. The molecule has 0 amide bonds. The van der Waals surface area contributed by atoms with Crippen molar-refractivity contribution in [1.82, 2.24) is 5.32 Å². The summed E-state index contributed by atoms with van der Waals surface area (Å²) >= 11 is 6.02. The number of benzene rings is 1. The van der Waals surface area contributed by atoms with E-state index < -0.39 is 11.6 Å². The molecule has 1 aliphatic carbocycles. The van der Waals surface area contributed by atoms with E-state index in [2.05, 4.69) is 5.32 Å². The molecule has 2 rings (SSSR count). The van der Waals surface area contributed by atoms with Crippen LogP contribution < -0.4 is 5.32 Å². The molecule has 1 nitrogen and oxygen atoms in total. The first-order valence-electron chi connectivity index (χ1n) is 5.94. The minimum atomic E-state index is -0.535. The average molecular weight is 260 g/mol. The maximum absolute atomic E-state index is 13.3. The zero-order valence-corrected chi connectivity index (χ0v) is 10.3. The Hall–Kier alpha value is -0.670. The summed E-state index contributed by atoms with van der Waals surface area (Å²) in [5.74, 6) is -0.438. The minimum absolute atomic E-state index is 0.296. The summed E-state index contributed by atoms with van der Waals surface area (Å²) in [5, 5.41) is 3.50. The van der Waals surface area contributed by atoms with E-state index >= 15 is 0 Å². The molecule has 1 aromatic rings. The van der Waals surface area contributed by atoms with Gasteiger partial charge in [-0.05, 0) is 37.8 Å². The molecule has 1 N–H and O–H groups in total. The highest BCUT2D eigenvalue weighted by Gasteiger charge is 2.22. The van der Waals surface area contributed by atoms with Crippen LogP contribution in [0.1, 0.15) is 24.8 Å². The first-order chi connectivity index (χ1) is 8.15. The van der Waals surface area contributed by atoms with Crippen LogP contribution in [0.25, 0.3) is 0 Å². The normalized spacial score (nSPS) is 24.2. The van der Waals surface area contributed by atoms with Crippen LogP contribution in [0.3, 0.4) is 0 Å². The number of alkyl halides is 1. The van der Waals surface area contributed by atoms with Gasteiger partial charge in [0.05, 0.1) is 0 Å². The molecule has 0 spiro atoms. The predicted molar refractivity (Wildman–Crippen MR) is 65.0 cm³/mol. The zero-order valence-electron chi connectivity index (χ0n) is 9.56. The topological polar surface area (TPSA) is 12.0 Å². The Morgan fingerprint density at radius 1 is 1.29 bits per heavy atom. The Labute approximate surface area is 105 Å². The van der Waals surface area contributed by atoms with Gasteiger partial charge in [-0.1, -0.05) is 6.07 Å². The van der Waals surface area contributed by atoms with Crippen LogP contribution in [-0.2, 0) is 6.54 Å². The molecule has 0 radical (unpaired) electrons. The molecule has 0 heterocycles. The summed E-state index contributed by atoms with van der Waals surface area (Å²) in [6.45, 7) is 1.29. The monoisotopic (exact) mass is 259 g/mol. The Morgan fingerprint density at radius 3 is 2.76 bits per heavy atom. The maximum atomic E-state index is 13.3. The van der Waals surface area contributed by atoms with Gasteiger partial charge in [-0.25, -0.2) is 8.78 Å². The van der Waals surface area contributed by atoms with E-state index in [-0.39, 0.29) is 0 Å². The lowest BCUT2D eigenvalue weighted by atomic mass is 10.1. The third kappa shape index (κ3) is 3.65. The number of rotatable bonds is 4. The van der Waals surface area contributed by atoms with Crippen molar-refractivity contribution in [3.8, 4) is 0 Å². The molecule has 94 valence electrons. The van der Waals surface area contributed by atoms with E-state index in [1.54, 1.807) is 0 Å². The van der Waals surface area contributed by atoms with Gasteiger partial charge >= 0.3 is 0 Å². The molecule has 2 unspecified atom stereocenters. The van der Waals surface area contributed by atoms with Crippen LogP contribution >= 0.6 is 11.6 Å². The largest absolute Gasteiger partial charge is 0.312 e. The van der Waals surface area contributed by atoms with Gasteiger partial charge in [0, 0.05) is 23.6 Å². The molecule has 1 saturated carbocycles. The highest BCUT2D eigenvalue weighted by Crippen LogP contribution is 2.28. The second-order valence-electron chi connectivity index (χ2n) is 4.64. The summed E-state index contributed by atoms with van der Waals surface area (Å²) in [6, 6.07) is 3.68. The second-order valence-corrected chi connectivity index (χ2v) is 5.26. The van der Waals surface area contributed by atoms with Crippen molar-refractivity contribution < 1.29 is 8.78 Å². The second kappa shape index (κ2) is 5.78. The van der Waals surface area contributed by atoms with Crippen LogP contribution in [-0.4, -0.2) is 11.9 Å². The van der Waals surface area contributed by atoms with E-state index in [4.69, 9.17) is 11.6 Å². The summed E-state index contributed by atoms with van der Waals surface area (Å²) in [5.41, 5.74) is 0.506. The lowest BCUT2D eigenvalue weighted by molar-refractivity contribution is 0.482. The van der Waals surface area contributed by atoms with Gasteiger partial charge in [0.2, 0.25) is 0 Å². The minimum Gasteiger partial charge on any atom is -0.312 e. The molecule has 2 atom stereocenters. The van der Waals surface area contributed by atoms with E-state index in [0.717, 1.165) is 31.9 Å². The lowest BCUT2D eigenvalue weighted by Gasteiger charge is -2.11. The summed E-state index contributed by atoms with van der Waals surface area (Å²) in [4.78, 5) is 0. The number of hydrogen-bond donors (Lipinski definition) is 1. The van der Waals surface area contributed by atoms with Crippen molar-refractivity contribution in [1.29, 1.82) is 0 Å². The molecule has 4 heteroatoms. The SMILES string of the molecule is Fc1ccc(CNCC2CCC(Cl)C2)c(F)c1. The average Bonchev–Trinajstić information content (AvgIpc) is 2.68. The van der Waals surface area contributed by atoms with Gasteiger partial charge in [0.1, 0.15) is 11.6 Å². The number of nitrogens with one attached hydrogen (secondary N) is 1. The first kappa shape index (κ1) is 12.8. The Bertz CT molecular complexity index is 384. The number of hydrogen-bond acceptors (Lipinski definition) is 1. The molecule has 0 saturated heterocycles. The van der Waals surface area contributed by atoms with Gasteiger partial charge in [0.25, 0.3) is 0 Å². The summed E-state index contributed by atoms with van der Waals surface area (Å²) in [6.07, 6.45) is 3.23. The van der Waals surface area contributed by atoms with Crippen molar-refractivity contribution >= 4 is 11.6 Å². The Balaban J connectivity index is 1.78. The highest BCUT2D eigenvalue weighted by molar-refractivity contribution is 6.20.